The van der Waals surface area contributed by atoms with Crippen molar-refractivity contribution in [3.63, 3.8) is 0 Å². The van der Waals surface area contributed by atoms with Gasteiger partial charge >= 0.3 is 12.7 Å². The van der Waals surface area contributed by atoms with Crippen LogP contribution in [0.4, 0.5) is 22.0 Å². The summed E-state index contributed by atoms with van der Waals surface area (Å²) < 4.78 is 62.6. The fraction of sp³-hybridized carbons (Fsp3) is 0.700. The van der Waals surface area contributed by atoms with E-state index in [1.807, 2.05) is 0 Å². The third kappa shape index (κ3) is 5.52. The molecule has 0 aromatic carbocycles. The molecule has 1 heterocycles. The van der Waals surface area contributed by atoms with E-state index >= 15 is 0 Å². The molecule has 0 amide bonds. The van der Waals surface area contributed by atoms with Crippen LogP contribution in [-0.2, 0) is 6.54 Å². The van der Waals surface area contributed by atoms with Crippen molar-refractivity contribution >= 4 is 0 Å². The van der Waals surface area contributed by atoms with Crippen molar-refractivity contribution in [2.45, 2.75) is 25.7 Å². The van der Waals surface area contributed by atoms with E-state index in [0.29, 0.717) is 4.57 Å². The van der Waals surface area contributed by atoms with Crippen molar-refractivity contribution in [2.75, 3.05) is 19.7 Å². The normalized spacial score (nSPS) is 12.6. The second-order valence-corrected chi connectivity index (χ2v) is 3.93. The van der Waals surface area contributed by atoms with Gasteiger partial charge in [-0.05, 0) is 6.42 Å². The minimum atomic E-state index is -4.43. The van der Waals surface area contributed by atoms with Crippen LogP contribution in [-0.4, -0.2) is 45.4 Å². The van der Waals surface area contributed by atoms with E-state index < -0.39 is 19.3 Å². The summed E-state index contributed by atoms with van der Waals surface area (Å²) in [5.74, 6) is -0.141. The number of aliphatic hydroxyl groups is 1. The summed E-state index contributed by atoms with van der Waals surface area (Å²) in [4.78, 5) is 4.55. The third-order valence-corrected chi connectivity index (χ3v) is 2.36. The van der Waals surface area contributed by atoms with E-state index in [1.165, 1.54) is 0 Å². The van der Waals surface area contributed by atoms with E-state index in [0.717, 1.165) is 17.3 Å². The first kappa shape index (κ1) is 15.8. The molecular formula is C10H14F5N3O. The molecule has 110 valence electrons. The summed E-state index contributed by atoms with van der Waals surface area (Å²) in [5, 5.41) is 8.63. The van der Waals surface area contributed by atoms with E-state index in [1.54, 1.807) is 0 Å². The van der Waals surface area contributed by atoms with Crippen LogP contribution in [0.5, 0.6) is 0 Å². The molecule has 0 radical (unpaired) electrons. The maximum atomic E-state index is 12.5. The van der Waals surface area contributed by atoms with Crippen LogP contribution < -0.4 is 0 Å². The number of imidazole rings is 1. The summed E-state index contributed by atoms with van der Waals surface area (Å²) in [7, 11) is 0. The van der Waals surface area contributed by atoms with E-state index in [4.69, 9.17) is 5.11 Å². The minimum Gasteiger partial charge on any atom is -0.396 e. The lowest BCUT2D eigenvalue weighted by Crippen LogP contribution is -2.35. The fourth-order valence-electron chi connectivity index (χ4n) is 1.61. The molecule has 0 saturated carbocycles. The van der Waals surface area contributed by atoms with Crippen LogP contribution in [0.25, 0.3) is 0 Å². The van der Waals surface area contributed by atoms with Crippen LogP contribution in [0.2, 0.25) is 0 Å². The van der Waals surface area contributed by atoms with Gasteiger partial charge in [0.1, 0.15) is 5.82 Å². The summed E-state index contributed by atoms with van der Waals surface area (Å²) in [6, 6.07) is 0. The number of alkyl halides is 5. The van der Waals surface area contributed by atoms with Crippen molar-refractivity contribution < 1.29 is 27.1 Å². The number of rotatable bonds is 7. The van der Waals surface area contributed by atoms with Crippen LogP contribution in [0.3, 0.4) is 0 Å². The molecule has 1 aromatic heterocycles. The zero-order valence-electron chi connectivity index (χ0n) is 9.95. The quantitative estimate of drug-likeness (QED) is 0.780. The van der Waals surface area contributed by atoms with E-state index in [2.05, 4.69) is 4.98 Å². The monoisotopic (exact) mass is 287 g/mol. The maximum absolute atomic E-state index is 12.5. The largest absolute Gasteiger partial charge is 0.401 e. The van der Waals surface area contributed by atoms with Crippen molar-refractivity contribution in [1.82, 2.24) is 14.5 Å². The Labute approximate surface area is 106 Å². The van der Waals surface area contributed by atoms with Crippen molar-refractivity contribution in [2.24, 2.45) is 0 Å². The molecule has 0 unspecified atom stereocenters. The lowest BCUT2D eigenvalue weighted by molar-refractivity contribution is -0.147. The zero-order chi connectivity index (χ0) is 14.5. The van der Waals surface area contributed by atoms with Crippen LogP contribution in [0.15, 0.2) is 12.4 Å². The van der Waals surface area contributed by atoms with E-state index in [-0.39, 0.29) is 31.9 Å². The molecule has 0 aliphatic heterocycles. The van der Waals surface area contributed by atoms with Gasteiger partial charge in [0.05, 0.1) is 13.1 Å². The van der Waals surface area contributed by atoms with Gasteiger partial charge in [-0.2, -0.15) is 22.0 Å². The first-order valence-corrected chi connectivity index (χ1v) is 5.53. The topological polar surface area (TPSA) is 41.3 Å². The second-order valence-electron chi connectivity index (χ2n) is 3.93. The van der Waals surface area contributed by atoms with Crippen molar-refractivity contribution in [3.05, 3.63) is 18.2 Å². The Bertz CT molecular complexity index is 379. The molecule has 1 N–H and O–H groups in total. The number of hydrogen-bond acceptors (Lipinski definition) is 3. The predicted molar refractivity (Wildman–Crippen MR) is 56.5 cm³/mol. The Morgan fingerprint density at radius 2 is 2.05 bits per heavy atom. The molecule has 0 aliphatic carbocycles. The molecular weight excluding hydrogens is 273 g/mol. The van der Waals surface area contributed by atoms with Gasteiger partial charge in [-0.1, -0.05) is 0 Å². The molecule has 1 rings (SSSR count). The van der Waals surface area contributed by atoms with Gasteiger partial charge in [-0.3, -0.25) is 9.47 Å². The molecule has 1 aromatic rings. The first-order chi connectivity index (χ1) is 8.83. The van der Waals surface area contributed by atoms with Crippen LogP contribution in [0, 0.1) is 0 Å². The Hall–Kier alpha value is -1.22. The van der Waals surface area contributed by atoms with Gasteiger partial charge < -0.3 is 5.11 Å². The molecule has 0 bridgehead atoms. The lowest BCUT2D eigenvalue weighted by Gasteiger charge is -2.23. The van der Waals surface area contributed by atoms with Gasteiger partial charge in [-0.25, -0.2) is 4.98 Å². The first-order valence-electron chi connectivity index (χ1n) is 5.53. The molecule has 0 spiro atoms. The van der Waals surface area contributed by atoms with Crippen molar-refractivity contribution in [3.8, 4) is 0 Å². The third-order valence-electron chi connectivity index (χ3n) is 2.36. The SMILES string of the molecule is OCCCN(Cc1nccn1C(F)F)CC(F)(F)F. The summed E-state index contributed by atoms with van der Waals surface area (Å²) in [6.07, 6.45) is -2.18. The molecule has 0 aliphatic rings. The fourth-order valence-corrected chi connectivity index (χ4v) is 1.61. The standard InChI is InChI=1S/C10H14F5N3O/c11-9(12)18-4-2-16-8(18)6-17(3-1-5-19)7-10(13,14)15/h2,4,9,19H,1,3,5-7H2. The number of aliphatic hydroxyl groups excluding tert-OH is 1. The van der Waals surface area contributed by atoms with Gasteiger partial charge in [0, 0.05) is 25.5 Å². The summed E-state index contributed by atoms with van der Waals surface area (Å²) >= 11 is 0. The Kier molecular flexibility index (Phi) is 5.67. The Morgan fingerprint density at radius 1 is 1.37 bits per heavy atom. The molecule has 19 heavy (non-hydrogen) atoms. The minimum absolute atomic E-state index is 0.0495. The Balaban J connectivity index is 2.72. The number of nitrogens with zero attached hydrogens (tertiary/aromatic N) is 3. The molecule has 0 fully saturated rings. The van der Waals surface area contributed by atoms with Gasteiger partial charge in [0.25, 0.3) is 0 Å². The highest BCUT2D eigenvalue weighted by Gasteiger charge is 2.31. The Morgan fingerprint density at radius 3 is 2.58 bits per heavy atom. The van der Waals surface area contributed by atoms with E-state index in [9.17, 15) is 22.0 Å². The van der Waals surface area contributed by atoms with Gasteiger partial charge in [-0.15, -0.1) is 0 Å². The molecule has 9 heteroatoms. The highest BCUT2D eigenvalue weighted by molar-refractivity contribution is 4.93. The van der Waals surface area contributed by atoms with Gasteiger partial charge in [0.15, 0.2) is 0 Å². The average Bonchev–Trinajstić information content (AvgIpc) is 2.72. The maximum Gasteiger partial charge on any atom is 0.401 e. The highest BCUT2D eigenvalue weighted by Crippen LogP contribution is 2.19. The average molecular weight is 287 g/mol. The highest BCUT2D eigenvalue weighted by atomic mass is 19.4. The molecule has 4 nitrogen and oxygen atoms in total. The van der Waals surface area contributed by atoms with Crippen molar-refractivity contribution in [1.29, 1.82) is 0 Å². The lowest BCUT2D eigenvalue weighted by atomic mass is 10.3. The smallest absolute Gasteiger partial charge is 0.396 e. The predicted octanol–water partition coefficient (Wildman–Crippen LogP) is 2.02. The number of hydrogen-bond donors (Lipinski definition) is 1. The van der Waals surface area contributed by atoms with Crippen LogP contribution >= 0.6 is 0 Å². The second kappa shape index (κ2) is 6.80. The summed E-state index contributed by atoms with van der Waals surface area (Å²) in [6.45, 7) is -4.74. The molecule has 0 saturated heterocycles. The summed E-state index contributed by atoms with van der Waals surface area (Å²) in [5.41, 5.74) is 0. The number of aromatic nitrogens is 2. The zero-order valence-corrected chi connectivity index (χ0v) is 9.95. The van der Waals surface area contributed by atoms with Gasteiger partial charge in [0.2, 0.25) is 0 Å². The molecule has 0 atom stereocenters. The van der Waals surface area contributed by atoms with Crippen LogP contribution in [0.1, 0.15) is 18.8 Å². The number of halogens is 5.